The number of halogens is 1. The highest BCUT2D eigenvalue weighted by Crippen LogP contribution is 2.31. The predicted molar refractivity (Wildman–Crippen MR) is 81.5 cm³/mol. The Morgan fingerprint density at radius 3 is 2.70 bits per heavy atom. The number of benzene rings is 1. The maximum Gasteiger partial charge on any atom is 0.241 e. The third-order valence-electron chi connectivity index (χ3n) is 2.73. The van der Waals surface area contributed by atoms with E-state index in [0.29, 0.717) is 33.8 Å². The zero-order chi connectivity index (χ0) is 15.3. The molecule has 6 heteroatoms. The zero-order valence-corrected chi connectivity index (χ0v) is 13.3. The van der Waals surface area contributed by atoms with Crippen LogP contribution >= 0.6 is 15.9 Å². The summed E-state index contributed by atoms with van der Waals surface area (Å²) >= 11 is 3.30. The number of rotatable bonds is 5. The lowest BCUT2D eigenvalue weighted by Crippen LogP contribution is -2.36. The normalized spacial score (nSPS) is 11.8. The number of hydrogen-bond acceptors (Lipinski definition) is 4. The summed E-state index contributed by atoms with van der Waals surface area (Å²) in [4.78, 5) is 12.0. The standard InChI is InChI=1S/C14H18BrN3O2/c1-8(2)4-11(17)14(19)18-12-6-13(20-3)10(15)5-9(12)7-16/h5-6,8,11H,4,17H2,1-3H3,(H,18,19)/t11-/m1/s1. The molecule has 0 aromatic heterocycles. The van der Waals surface area contributed by atoms with Gasteiger partial charge in [0.2, 0.25) is 5.91 Å². The topological polar surface area (TPSA) is 88.1 Å². The molecule has 1 rings (SSSR count). The maximum atomic E-state index is 12.0. The molecule has 0 spiro atoms. The van der Waals surface area contributed by atoms with E-state index in [-0.39, 0.29) is 5.91 Å². The average molecular weight is 340 g/mol. The highest BCUT2D eigenvalue weighted by atomic mass is 79.9. The van der Waals surface area contributed by atoms with Crippen LogP contribution in [0.5, 0.6) is 5.75 Å². The molecule has 5 nitrogen and oxygen atoms in total. The molecule has 0 aliphatic heterocycles. The van der Waals surface area contributed by atoms with Crippen LogP contribution in [0.1, 0.15) is 25.8 Å². The minimum atomic E-state index is -0.601. The van der Waals surface area contributed by atoms with Gasteiger partial charge in [0.25, 0.3) is 0 Å². The fourth-order valence-corrected chi connectivity index (χ4v) is 2.25. The summed E-state index contributed by atoms with van der Waals surface area (Å²) in [6.45, 7) is 3.99. The maximum absolute atomic E-state index is 12.0. The van der Waals surface area contributed by atoms with Gasteiger partial charge in [-0.25, -0.2) is 0 Å². The van der Waals surface area contributed by atoms with Crippen LogP contribution < -0.4 is 15.8 Å². The summed E-state index contributed by atoms with van der Waals surface area (Å²) in [5.41, 5.74) is 6.57. The van der Waals surface area contributed by atoms with Gasteiger partial charge in [0, 0.05) is 6.07 Å². The van der Waals surface area contributed by atoms with Crippen LogP contribution in [0.15, 0.2) is 16.6 Å². The van der Waals surface area contributed by atoms with Gasteiger partial charge in [0.15, 0.2) is 0 Å². The van der Waals surface area contributed by atoms with Crippen molar-refractivity contribution in [3.8, 4) is 11.8 Å². The van der Waals surface area contributed by atoms with E-state index < -0.39 is 6.04 Å². The first-order chi connectivity index (χ1) is 9.38. The van der Waals surface area contributed by atoms with Gasteiger partial charge in [0.05, 0.1) is 28.9 Å². The summed E-state index contributed by atoms with van der Waals surface area (Å²) in [5.74, 6) is 0.557. The molecule has 1 atom stereocenters. The Labute approximate surface area is 127 Å². The van der Waals surface area contributed by atoms with E-state index in [1.165, 1.54) is 7.11 Å². The molecule has 0 saturated heterocycles. The summed E-state index contributed by atoms with van der Waals surface area (Å²) in [7, 11) is 1.52. The Bertz CT molecular complexity index is 538. The molecule has 20 heavy (non-hydrogen) atoms. The van der Waals surface area contributed by atoms with Crippen molar-refractivity contribution in [1.29, 1.82) is 5.26 Å². The molecule has 1 amide bonds. The first kappa shape index (κ1) is 16.5. The molecule has 3 N–H and O–H groups in total. The number of amides is 1. The quantitative estimate of drug-likeness (QED) is 0.862. The van der Waals surface area contributed by atoms with Crippen LogP contribution in [0.25, 0.3) is 0 Å². The average Bonchev–Trinajstić information content (AvgIpc) is 2.39. The molecule has 1 aromatic rings. The molecule has 0 aliphatic carbocycles. The molecule has 0 fully saturated rings. The second kappa shape index (κ2) is 7.27. The van der Waals surface area contributed by atoms with E-state index in [2.05, 4.69) is 21.2 Å². The van der Waals surface area contributed by atoms with Crippen LogP contribution in [0.2, 0.25) is 0 Å². The SMILES string of the molecule is COc1cc(NC(=O)[C@H](N)CC(C)C)c(C#N)cc1Br. The largest absolute Gasteiger partial charge is 0.495 e. The monoisotopic (exact) mass is 339 g/mol. The second-order valence-electron chi connectivity index (χ2n) is 4.87. The van der Waals surface area contributed by atoms with Crippen molar-refractivity contribution in [1.82, 2.24) is 0 Å². The van der Waals surface area contributed by atoms with Crippen molar-refractivity contribution >= 4 is 27.5 Å². The van der Waals surface area contributed by atoms with Gasteiger partial charge in [0.1, 0.15) is 11.8 Å². The van der Waals surface area contributed by atoms with Crippen molar-refractivity contribution in [2.75, 3.05) is 12.4 Å². The van der Waals surface area contributed by atoms with Crippen molar-refractivity contribution in [2.24, 2.45) is 11.7 Å². The lowest BCUT2D eigenvalue weighted by Gasteiger charge is -2.15. The van der Waals surface area contributed by atoms with Gasteiger partial charge in [-0.15, -0.1) is 0 Å². The molecular formula is C14H18BrN3O2. The van der Waals surface area contributed by atoms with Gasteiger partial charge >= 0.3 is 0 Å². The Balaban J connectivity index is 2.97. The minimum absolute atomic E-state index is 0.306. The van der Waals surface area contributed by atoms with Gasteiger partial charge in [-0.1, -0.05) is 13.8 Å². The minimum Gasteiger partial charge on any atom is -0.495 e. The lowest BCUT2D eigenvalue weighted by molar-refractivity contribution is -0.117. The van der Waals surface area contributed by atoms with E-state index in [4.69, 9.17) is 15.7 Å². The second-order valence-corrected chi connectivity index (χ2v) is 5.72. The Morgan fingerprint density at radius 1 is 1.55 bits per heavy atom. The number of nitrogens with one attached hydrogen (secondary N) is 1. The van der Waals surface area contributed by atoms with E-state index >= 15 is 0 Å². The van der Waals surface area contributed by atoms with Gasteiger partial charge in [-0.05, 0) is 34.3 Å². The van der Waals surface area contributed by atoms with Gasteiger partial charge in [-0.3, -0.25) is 4.79 Å². The fourth-order valence-electron chi connectivity index (χ4n) is 1.75. The summed E-state index contributed by atoms with van der Waals surface area (Å²) in [6.07, 6.45) is 0.585. The third kappa shape index (κ3) is 4.22. The van der Waals surface area contributed by atoms with E-state index in [1.807, 2.05) is 19.9 Å². The predicted octanol–water partition coefficient (Wildman–Crippen LogP) is 2.64. The molecule has 1 aromatic carbocycles. The smallest absolute Gasteiger partial charge is 0.241 e. The molecule has 108 valence electrons. The Kier molecular flexibility index (Phi) is 5.99. The third-order valence-corrected chi connectivity index (χ3v) is 3.35. The van der Waals surface area contributed by atoms with Crippen molar-refractivity contribution in [3.63, 3.8) is 0 Å². The van der Waals surface area contributed by atoms with E-state index in [0.717, 1.165) is 0 Å². The van der Waals surface area contributed by atoms with Crippen molar-refractivity contribution < 1.29 is 9.53 Å². The van der Waals surface area contributed by atoms with Crippen molar-refractivity contribution in [3.05, 3.63) is 22.2 Å². The van der Waals surface area contributed by atoms with Gasteiger partial charge in [-0.2, -0.15) is 5.26 Å². The van der Waals surface area contributed by atoms with E-state index in [1.54, 1.807) is 12.1 Å². The lowest BCUT2D eigenvalue weighted by atomic mass is 10.0. The number of nitrogens with two attached hydrogens (primary N) is 1. The number of methoxy groups -OCH3 is 1. The van der Waals surface area contributed by atoms with Crippen LogP contribution in [0.4, 0.5) is 5.69 Å². The number of carbonyl (C=O) groups excluding carboxylic acids is 1. The number of nitriles is 1. The molecule has 0 unspecified atom stereocenters. The number of nitrogens with zero attached hydrogens (tertiary/aromatic N) is 1. The molecular weight excluding hydrogens is 322 g/mol. The molecule has 0 aliphatic rings. The number of ether oxygens (including phenoxy) is 1. The molecule has 0 heterocycles. The number of anilines is 1. The molecule has 0 saturated carbocycles. The number of carbonyl (C=O) groups is 1. The Morgan fingerprint density at radius 2 is 2.20 bits per heavy atom. The van der Waals surface area contributed by atoms with Gasteiger partial charge < -0.3 is 15.8 Å². The van der Waals surface area contributed by atoms with Crippen LogP contribution in [0, 0.1) is 17.2 Å². The first-order valence-electron chi connectivity index (χ1n) is 6.23. The Hall–Kier alpha value is -1.58. The van der Waals surface area contributed by atoms with E-state index in [9.17, 15) is 4.79 Å². The first-order valence-corrected chi connectivity index (χ1v) is 7.02. The highest BCUT2D eigenvalue weighted by Gasteiger charge is 2.17. The number of hydrogen-bond donors (Lipinski definition) is 2. The van der Waals surface area contributed by atoms with Crippen LogP contribution in [-0.4, -0.2) is 19.1 Å². The van der Waals surface area contributed by atoms with Crippen molar-refractivity contribution in [2.45, 2.75) is 26.3 Å². The summed E-state index contributed by atoms with van der Waals surface area (Å²) in [5, 5.41) is 11.8. The summed E-state index contributed by atoms with van der Waals surface area (Å²) in [6, 6.07) is 4.63. The summed E-state index contributed by atoms with van der Waals surface area (Å²) < 4.78 is 5.81. The zero-order valence-electron chi connectivity index (χ0n) is 11.7. The van der Waals surface area contributed by atoms with Crippen LogP contribution in [0.3, 0.4) is 0 Å². The van der Waals surface area contributed by atoms with Crippen LogP contribution in [-0.2, 0) is 4.79 Å². The highest BCUT2D eigenvalue weighted by molar-refractivity contribution is 9.10. The molecule has 0 bridgehead atoms. The molecule has 0 radical (unpaired) electrons. The fraction of sp³-hybridized carbons (Fsp3) is 0.429.